The number of halogens is 3. The van der Waals surface area contributed by atoms with Crippen molar-refractivity contribution in [2.24, 2.45) is 0 Å². The summed E-state index contributed by atoms with van der Waals surface area (Å²) in [5.74, 6) is -0.289. The molecule has 1 aliphatic heterocycles. The van der Waals surface area contributed by atoms with Crippen LogP contribution in [0.25, 0.3) is 0 Å². The molecule has 0 unspecified atom stereocenters. The molecular weight excluding hydrogens is 369 g/mol. The Kier molecular flexibility index (Phi) is 4.94. The Morgan fingerprint density at radius 3 is 2.42 bits per heavy atom. The van der Waals surface area contributed by atoms with Crippen molar-refractivity contribution in [3.8, 4) is 5.88 Å². The van der Waals surface area contributed by atoms with Gasteiger partial charge in [0, 0.05) is 6.07 Å². The van der Waals surface area contributed by atoms with Crippen molar-refractivity contribution in [2.75, 3.05) is 13.1 Å². The zero-order chi connectivity index (χ0) is 18.9. The van der Waals surface area contributed by atoms with Gasteiger partial charge in [0.05, 0.1) is 18.8 Å². The third kappa shape index (κ3) is 4.34. The lowest BCUT2D eigenvalue weighted by molar-refractivity contribution is -0.141. The number of ether oxygens (including phenoxy) is 1. The van der Waals surface area contributed by atoms with E-state index < -0.39 is 28.0 Å². The molecule has 1 saturated heterocycles. The van der Waals surface area contributed by atoms with Gasteiger partial charge in [-0.15, -0.1) is 0 Å². The number of nitrogens with zero attached hydrogens (tertiary/aromatic N) is 2. The summed E-state index contributed by atoms with van der Waals surface area (Å²) in [4.78, 5) is 3.41. The van der Waals surface area contributed by atoms with E-state index in [-0.39, 0.29) is 24.7 Å². The summed E-state index contributed by atoms with van der Waals surface area (Å²) >= 11 is 0. The fourth-order valence-corrected chi connectivity index (χ4v) is 4.08. The van der Waals surface area contributed by atoms with Gasteiger partial charge in [0.1, 0.15) is 11.8 Å². The normalized spacial score (nSPS) is 16.3. The van der Waals surface area contributed by atoms with E-state index in [0.717, 1.165) is 11.6 Å². The molecule has 2 heterocycles. The van der Waals surface area contributed by atoms with Crippen LogP contribution in [0.3, 0.4) is 0 Å². The largest absolute Gasteiger partial charge is 0.472 e. The lowest BCUT2D eigenvalue weighted by Gasteiger charge is -2.37. The van der Waals surface area contributed by atoms with Gasteiger partial charge in [-0.05, 0) is 18.6 Å². The summed E-state index contributed by atoms with van der Waals surface area (Å²) in [6.07, 6.45) is -5.07. The first-order valence-corrected chi connectivity index (χ1v) is 9.49. The van der Waals surface area contributed by atoms with E-state index in [1.54, 1.807) is 12.1 Å². The highest BCUT2D eigenvalue weighted by Crippen LogP contribution is 2.29. The lowest BCUT2D eigenvalue weighted by atomic mass is 10.2. The van der Waals surface area contributed by atoms with E-state index in [0.29, 0.717) is 5.56 Å². The first kappa shape index (κ1) is 18.7. The van der Waals surface area contributed by atoms with Gasteiger partial charge in [-0.2, -0.15) is 17.5 Å². The second-order valence-corrected chi connectivity index (χ2v) is 8.13. The molecule has 1 aromatic heterocycles. The number of aromatic nitrogens is 1. The van der Waals surface area contributed by atoms with Crippen LogP contribution in [0.4, 0.5) is 13.2 Å². The molecule has 0 bridgehead atoms. The second kappa shape index (κ2) is 6.88. The van der Waals surface area contributed by atoms with Crippen molar-refractivity contribution >= 4 is 10.0 Å². The molecule has 3 rings (SSSR count). The fraction of sp³-hybridized carbons (Fsp3) is 0.353. The Balaban J connectivity index is 1.57. The molecule has 2 aromatic rings. The van der Waals surface area contributed by atoms with Crippen LogP contribution in [-0.2, 0) is 22.0 Å². The molecule has 0 N–H and O–H groups in total. The van der Waals surface area contributed by atoms with E-state index in [1.807, 2.05) is 19.1 Å². The van der Waals surface area contributed by atoms with Gasteiger partial charge in [0.2, 0.25) is 15.9 Å². The van der Waals surface area contributed by atoms with E-state index in [9.17, 15) is 21.6 Å². The summed E-state index contributed by atoms with van der Waals surface area (Å²) < 4.78 is 69.3. The molecule has 0 atom stereocenters. The van der Waals surface area contributed by atoms with Crippen LogP contribution in [0.2, 0.25) is 0 Å². The van der Waals surface area contributed by atoms with Crippen LogP contribution in [0.1, 0.15) is 16.8 Å². The molecule has 1 aromatic carbocycles. The topological polar surface area (TPSA) is 59.5 Å². The van der Waals surface area contributed by atoms with Crippen molar-refractivity contribution in [3.63, 3.8) is 0 Å². The molecule has 0 saturated carbocycles. The number of hydrogen-bond acceptors (Lipinski definition) is 4. The molecule has 5 nitrogen and oxygen atoms in total. The van der Waals surface area contributed by atoms with Crippen molar-refractivity contribution < 1.29 is 26.3 Å². The van der Waals surface area contributed by atoms with Crippen molar-refractivity contribution in [1.29, 1.82) is 0 Å². The van der Waals surface area contributed by atoms with Crippen molar-refractivity contribution in [2.45, 2.75) is 25.0 Å². The molecule has 26 heavy (non-hydrogen) atoms. The third-order valence-corrected chi connectivity index (χ3v) is 5.76. The average Bonchev–Trinajstić information content (AvgIpc) is 2.52. The molecule has 140 valence electrons. The van der Waals surface area contributed by atoms with Crippen LogP contribution in [0, 0.1) is 6.92 Å². The summed E-state index contributed by atoms with van der Waals surface area (Å²) in [5, 5.41) is 0. The van der Waals surface area contributed by atoms with E-state index >= 15 is 0 Å². The second-order valence-electron chi connectivity index (χ2n) is 6.16. The zero-order valence-electron chi connectivity index (χ0n) is 13.9. The zero-order valence-corrected chi connectivity index (χ0v) is 14.7. The molecule has 0 radical (unpaired) electrons. The number of sulfonamides is 1. The molecule has 0 spiro atoms. The van der Waals surface area contributed by atoms with Crippen molar-refractivity contribution in [1.82, 2.24) is 9.29 Å². The number of pyridine rings is 1. The van der Waals surface area contributed by atoms with Crippen LogP contribution in [-0.4, -0.2) is 36.9 Å². The highest BCUT2D eigenvalue weighted by Gasteiger charge is 2.38. The summed E-state index contributed by atoms with van der Waals surface area (Å²) in [6, 6.07) is 10.6. The molecule has 1 fully saturated rings. The maximum Gasteiger partial charge on any atom is 0.433 e. The quantitative estimate of drug-likeness (QED) is 0.793. The molecule has 9 heteroatoms. The van der Waals surface area contributed by atoms with E-state index in [1.165, 1.54) is 16.4 Å². The van der Waals surface area contributed by atoms with Gasteiger partial charge < -0.3 is 4.74 Å². The smallest absolute Gasteiger partial charge is 0.433 e. The van der Waals surface area contributed by atoms with Crippen LogP contribution >= 0.6 is 0 Å². The number of alkyl halides is 3. The summed E-state index contributed by atoms with van der Waals surface area (Å²) in [5.41, 5.74) is 0.676. The number of aryl methyl sites for hydroxylation is 1. The van der Waals surface area contributed by atoms with Crippen molar-refractivity contribution in [3.05, 3.63) is 59.3 Å². The highest BCUT2D eigenvalue weighted by molar-refractivity contribution is 7.88. The van der Waals surface area contributed by atoms with Gasteiger partial charge in [-0.3, -0.25) is 0 Å². The predicted molar refractivity (Wildman–Crippen MR) is 89.0 cm³/mol. The Morgan fingerprint density at radius 2 is 1.81 bits per heavy atom. The average molecular weight is 386 g/mol. The van der Waals surface area contributed by atoms with Gasteiger partial charge in [0.15, 0.2) is 0 Å². The number of benzene rings is 1. The standard InChI is InChI=1S/C17H17F3N2O3S/c1-12-5-7-13(8-6-12)11-26(23,24)22-9-14(10-22)25-16-4-2-3-15(21-16)17(18,19)20/h2-8,14H,9-11H2,1H3. The van der Waals surface area contributed by atoms with Gasteiger partial charge in [0.25, 0.3) is 0 Å². The number of rotatable bonds is 5. The number of hydrogen-bond donors (Lipinski definition) is 0. The third-order valence-electron chi connectivity index (χ3n) is 3.98. The first-order chi connectivity index (χ1) is 12.1. The molecular formula is C17H17F3N2O3S. The fourth-order valence-electron chi connectivity index (χ4n) is 2.50. The van der Waals surface area contributed by atoms with Crippen LogP contribution in [0.15, 0.2) is 42.5 Å². The maximum absolute atomic E-state index is 12.6. The minimum atomic E-state index is -4.55. The Labute approximate surface area is 149 Å². The monoisotopic (exact) mass is 386 g/mol. The van der Waals surface area contributed by atoms with Gasteiger partial charge >= 0.3 is 6.18 Å². The van der Waals surface area contributed by atoms with Crippen LogP contribution in [0.5, 0.6) is 5.88 Å². The summed E-state index contributed by atoms with van der Waals surface area (Å²) in [7, 11) is -3.49. The maximum atomic E-state index is 12.6. The molecule has 0 aliphatic carbocycles. The van der Waals surface area contributed by atoms with E-state index in [4.69, 9.17) is 4.74 Å². The minimum Gasteiger partial charge on any atom is -0.472 e. The van der Waals surface area contributed by atoms with Gasteiger partial charge in [-0.25, -0.2) is 13.4 Å². The highest BCUT2D eigenvalue weighted by atomic mass is 32.2. The minimum absolute atomic E-state index is 0.0894. The molecule has 1 aliphatic rings. The SMILES string of the molecule is Cc1ccc(CS(=O)(=O)N2CC(Oc3cccc(C(F)(F)F)n3)C2)cc1. The Morgan fingerprint density at radius 1 is 1.15 bits per heavy atom. The molecule has 0 amide bonds. The predicted octanol–water partition coefficient (Wildman–Crippen LogP) is 3.00. The lowest BCUT2D eigenvalue weighted by Crippen LogP contribution is -2.56. The van der Waals surface area contributed by atoms with Gasteiger partial charge in [-0.1, -0.05) is 35.9 Å². The summed E-state index contributed by atoms with van der Waals surface area (Å²) in [6.45, 7) is 2.09. The Hall–Kier alpha value is -2.13. The van der Waals surface area contributed by atoms with Crippen LogP contribution < -0.4 is 4.74 Å². The first-order valence-electron chi connectivity index (χ1n) is 7.88. The Bertz CT molecular complexity index is 877. The van der Waals surface area contributed by atoms with E-state index in [2.05, 4.69) is 4.98 Å².